The number of hydrogen-bond acceptors (Lipinski definition) is 4. The van der Waals surface area contributed by atoms with Crippen LogP contribution in [0.5, 0.6) is 0 Å². The van der Waals surface area contributed by atoms with Gasteiger partial charge in [0.1, 0.15) is 0 Å². The van der Waals surface area contributed by atoms with Crippen LogP contribution >= 0.6 is 0 Å². The van der Waals surface area contributed by atoms with Gasteiger partial charge in [-0.15, -0.1) is 0 Å². The van der Waals surface area contributed by atoms with Crippen LogP contribution in [0.2, 0.25) is 0 Å². The summed E-state index contributed by atoms with van der Waals surface area (Å²) >= 11 is 0. The van der Waals surface area contributed by atoms with E-state index in [2.05, 4.69) is 10.2 Å². The standard InChI is InChI=1S/C11H14FN3O2/c1-14-5-4-13-7-11(14)8-2-3-10(15(16)17)9(12)6-8/h2-3,6,11,13H,4-5,7H2,1H3. The lowest BCUT2D eigenvalue weighted by Crippen LogP contribution is -2.43. The minimum absolute atomic E-state index is 0.0686. The fraction of sp³-hybridized carbons (Fsp3) is 0.455. The number of nitrogens with zero attached hydrogens (tertiary/aromatic N) is 2. The smallest absolute Gasteiger partial charge is 0.304 e. The highest BCUT2D eigenvalue weighted by Gasteiger charge is 2.23. The first kappa shape index (κ1) is 11.9. The van der Waals surface area contributed by atoms with Gasteiger partial charge in [0.15, 0.2) is 0 Å². The van der Waals surface area contributed by atoms with Gasteiger partial charge in [0.25, 0.3) is 0 Å². The first-order valence-corrected chi connectivity index (χ1v) is 5.44. The first-order valence-electron chi connectivity index (χ1n) is 5.44. The highest BCUT2D eigenvalue weighted by molar-refractivity contribution is 5.36. The summed E-state index contributed by atoms with van der Waals surface area (Å²) in [5.74, 6) is -0.772. The zero-order chi connectivity index (χ0) is 12.4. The highest BCUT2D eigenvalue weighted by atomic mass is 19.1. The zero-order valence-corrected chi connectivity index (χ0v) is 9.52. The van der Waals surface area contributed by atoms with E-state index in [1.54, 1.807) is 6.07 Å². The Morgan fingerprint density at radius 1 is 1.59 bits per heavy atom. The summed E-state index contributed by atoms with van der Waals surface area (Å²) in [6, 6.07) is 4.17. The molecule has 0 amide bonds. The van der Waals surface area contributed by atoms with E-state index in [0.29, 0.717) is 0 Å². The fourth-order valence-corrected chi connectivity index (χ4v) is 2.06. The number of nitrogens with one attached hydrogen (secondary N) is 1. The van der Waals surface area contributed by atoms with Gasteiger partial charge in [-0.05, 0) is 18.7 Å². The number of piperazine rings is 1. The maximum absolute atomic E-state index is 13.5. The van der Waals surface area contributed by atoms with E-state index in [0.717, 1.165) is 25.2 Å². The van der Waals surface area contributed by atoms with Crippen LogP contribution in [0.1, 0.15) is 11.6 Å². The van der Waals surface area contributed by atoms with E-state index >= 15 is 0 Å². The largest absolute Gasteiger partial charge is 0.314 e. The molecule has 1 aromatic rings. The molecule has 0 aliphatic carbocycles. The Morgan fingerprint density at radius 2 is 2.35 bits per heavy atom. The van der Waals surface area contributed by atoms with Crippen LogP contribution in [0.25, 0.3) is 0 Å². The molecule has 17 heavy (non-hydrogen) atoms. The van der Waals surface area contributed by atoms with Gasteiger partial charge in [-0.1, -0.05) is 6.07 Å². The molecule has 1 N–H and O–H groups in total. The van der Waals surface area contributed by atoms with Crippen LogP contribution in [0, 0.1) is 15.9 Å². The molecule has 0 aromatic heterocycles. The molecular formula is C11H14FN3O2. The van der Waals surface area contributed by atoms with Gasteiger partial charge < -0.3 is 5.32 Å². The summed E-state index contributed by atoms with van der Waals surface area (Å²) < 4.78 is 13.5. The predicted molar refractivity (Wildman–Crippen MR) is 61.3 cm³/mol. The molecule has 2 rings (SSSR count). The number of nitro groups is 1. The highest BCUT2D eigenvalue weighted by Crippen LogP contribution is 2.25. The molecule has 0 radical (unpaired) electrons. The number of benzene rings is 1. The fourth-order valence-electron chi connectivity index (χ4n) is 2.06. The second-order valence-electron chi connectivity index (χ2n) is 4.17. The molecule has 0 spiro atoms. The van der Waals surface area contributed by atoms with Crippen molar-refractivity contribution in [1.82, 2.24) is 10.2 Å². The van der Waals surface area contributed by atoms with Crippen LogP contribution in [0.4, 0.5) is 10.1 Å². The summed E-state index contributed by atoms with van der Waals surface area (Å²) in [4.78, 5) is 11.9. The minimum Gasteiger partial charge on any atom is -0.314 e. The quantitative estimate of drug-likeness (QED) is 0.624. The molecule has 0 bridgehead atoms. The molecule has 1 fully saturated rings. The molecule has 1 saturated heterocycles. The number of rotatable bonds is 2. The van der Waals surface area contributed by atoms with Gasteiger partial charge in [0.2, 0.25) is 5.82 Å². The van der Waals surface area contributed by atoms with Crippen molar-refractivity contribution in [3.05, 3.63) is 39.7 Å². The lowest BCUT2D eigenvalue weighted by Gasteiger charge is -2.33. The van der Waals surface area contributed by atoms with Crippen LogP contribution in [0.15, 0.2) is 18.2 Å². The van der Waals surface area contributed by atoms with Crippen molar-refractivity contribution in [2.45, 2.75) is 6.04 Å². The molecule has 0 saturated carbocycles. The Bertz CT molecular complexity index is 439. The van der Waals surface area contributed by atoms with Gasteiger partial charge in [0, 0.05) is 31.7 Å². The Morgan fingerprint density at radius 3 is 2.94 bits per heavy atom. The van der Waals surface area contributed by atoms with Crippen LogP contribution in [-0.4, -0.2) is 36.5 Å². The van der Waals surface area contributed by atoms with Crippen LogP contribution < -0.4 is 5.32 Å². The summed E-state index contributed by atoms with van der Waals surface area (Å²) in [6.07, 6.45) is 0. The number of nitro benzene ring substituents is 1. The van der Waals surface area contributed by atoms with Crippen molar-refractivity contribution < 1.29 is 9.31 Å². The summed E-state index contributed by atoms with van der Waals surface area (Å²) in [7, 11) is 1.96. The molecule has 1 unspecified atom stereocenters. The Labute approximate surface area is 98.4 Å². The number of halogens is 1. The van der Waals surface area contributed by atoms with E-state index in [-0.39, 0.29) is 6.04 Å². The van der Waals surface area contributed by atoms with Gasteiger partial charge in [-0.2, -0.15) is 4.39 Å². The SMILES string of the molecule is CN1CCNCC1c1ccc([N+](=O)[O-])c(F)c1. The molecule has 1 aliphatic heterocycles. The second kappa shape index (κ2) is 4.77. The maximum atomic E-state index is 13.5. The minimum atomic E-state index is -0.772. The van der Waals surface area contributed by atoms with Crippen molar-refractivity contribution in [1.29, 1.82) is 0 Å². The van der Waals surface area contributed by atoms with Crippen molar-refractivity contribution in [3.8, 4) is 0 Å². The molecule has 1 aromatic carbocycles. The van der Waals surface area contributed by atoms with Crippen molar-refractivity contribution in [2.24, 2.45) is 0 Å². The average Bonchev–Trinajstić information content (AvgIpc) is 2.29. The topological polar surface area (TPSA) is 58.4 Å². The van der Waals surface area contributed by atoms with Crippen molar-refractivity contribution >= 4 is 5.69 Å². The van der Waals surface area contributed by atoms with E-state index in [1.807, 2.05) is 7.05 Å². The summed E-state index contributed by atoms with van der Waals surface area (Å²) in [6.45, 7) is 2.51. The van der Waals surface area contributed by atoms with Crippen molar-refractivity contribution in [2.75, 3.05) is 26.7 Å². The van der Waals surface area contributed by atoms with E-state index in [4.69, 9.17) is 0 Å². The van der Waals surface area contributed by atoms with E-state index in [9.17, 15) is 14.5 Å². The molecule has 6 heteroatoms. The van der Waals surface area contributed by atoms with E-state index in [1.165, 1.54) is 12.1 Å². The van der Waals surface area contributed by atoms with Crippen LogP contribution in [0.3, 0.4) is 0 Å². The first-order chi connectivity index (χ1) is 8.09. The van der Waals surface area contributed by atoms with E-state index < -0.39 is 16.4 Å². The number of hydrogen-bond donors (Lipinski definition) is 1. The third-order valence-electron chi connectivity index (χ3n) is 3.06. The molecule has 1 heterocycles. The molecule has 1 atom stereocenters. The Kier molecular flexibility index (Phi) is 3.35. The van der Waals surface area contributed by atoms with Crippen LogP contribution in [-0.2, 0) is 0 Å². The second-order valence-corrected chi connectivity index (χ2v) is 4.17. The number of likely N-dealkylation sites (N-methyl/N-ethyl adjacent to an activating group) is 1. The third-order valence-corrected chi connectivity index (χ3v) is 3.06. The Balaban J connectivity index is 2.27. The van der Waals surface area contributed by atoms with Crippen molar-refractivity contribution in [3.63, 3.8) is 0 Å². The molecular weight excluding hydrogens is 225 g/mol. The molecule has 1 aliphatic rings. The lowest BCUT2D eigenvalue weighted by molar-refractivity contribution is -0.387. The predicted octanol–water partition coefficient (Wildman–Crippen LogP) is 1.31. The average molecular weight is 239 g/mol. The lowest BCUT2D eigenvalue weighted by atomic mass is 10.0. The Hall–Kier alpha value is -1.53. The maximum Gasteiger partial charge on any atom is 0.304 e. The normalized spacial score (nSPS) is 21.4. The van der Waals surface area contributed by atoms with Gasteiger partial charge in [-0.25, -0.2) is 0 Å². The van der Waals surface area contributed by atoms with Gasteiger partial charge in [-0.3, -0.25) is 15.0 Å². The summed E-state index contributed by atoms with van der Waals surface area (Å²) in [5, 5.41) is 13.7. The molecule has 92 valence electrons. The monoisotopic (exact) mass is 239 g/mol. The zero-order valence-electron chi connectivity index (χ0n) is 9.52. The molecule has 5 nitrogen and oxygen atoms in total. The van der Waals surface area contributed by atoms with Gasteiger partial charge in [0.05, 0.1) is 4.92 Å². The third kappa shape index (κ3) is 2.42. The van der Waals surface area contributed by atoms with Gasteiger partial charge >= 0.3 is 5.69 Å². The summed E-state index contributed by atoms with van der Waals surface area (Å²) in [5.41, 5.74) is 0.294.